The van der Waals surface area contributed by atoms with Crippen LogP contribution in [0.3, 0.4) is 0 Å². The van der Waals surface area contributed by atoms with Gasteiger partial charge in [0.25, 0.3) is 0 Å². The summed E-state index contributed by atoms with van der Waals surface area (Å²) in [5, 5.41) is 11.0. The molecule has 102 valence electrons. The number of nitrogens with one attached hydrogen (secondary N) is 1. The molecule has 4 rings (SSSR count). The van der Waals surface area contributed by atoms with E-state index >= 15 is 0 Å². The molecule has 0 saturated carbocycles. The predicted octanol–water partition coefficient (Wildman–Crippen LogP) is 3.21. The van der Waals surface area contributed by atoms with E-state index in [0.717, 1.165) is 27.8 Å². The number of pyridine rings is 1. The van der Waals surface area contributed by atoms with E-state index in [1.165, 1.54) is 0 Å². The fourth-order valence-electron chi connectivity index (χ4n) is 2.56. The smallest absolute Gasteiger partial charge is 0.335 e. The number of fused-ring (bicyclic) bond motifs is 2. The van der Waals surface area contributed by atoms with Gasteiger partial charge >= 0.3 is 5.97 Å². The van der Waals surface area contributed by atoms with Crippen molar-refractivity contribution in [3.8, 4) is 5.82 Å². The number of aromatic nitrogens is 3. The highest BCUT2D eigenvalue weighted by atomic mass is 16.4. The standard InChI is InChI=1S/C16H11N3O2/c20-16(21)12-3-4-13-10(8-12)5-7-19(13)14-9-11-2-1-6-17-15(11)18-14/h1-9H,(H,17,18)(H,20,21). The van der Waals surface area contributed by atoms with Gasteiger partial charge in [-0.1, -0.05) is 0 Å². The molecule has 1 aromatic carbocycles. The molecule has 0 aliphatic rings. The van der Waals surface area contributed by atoms with Gasteiger partial charge in [0.05, 0.1) is 11.1 Å². The highest BCUT2D eigenvalue weighted by molar-refractivity contribution is 5.94. The van der Waals surface area contributed by atoms with Crippen LogP contribution in [-0.2, 0) is 0 Å². The number of carboxylic acid groups (broad SMARTS) is 1. The molecule has 0 unspecified atom stereocenters. The van der Waals surface area contributed by atoms with Crippen LogP contribution in [0, 0.1) is 0 Å². The van der Waals surface area contributed by atoms with Crippen LogP contribution in [0.25, 0.3) is 27.8 Å². The van der Waals surface area contributed by atoms with E-state index in [0.29, 0.717) is 5.56 Å². The first-order valence-electron chi connectivity index (χ1n) is 6.51. The number of aromatic carboxylic acids is 1. The van der Waals surface area contributed by atoms with Gasteiger partial charge in [-0.25, -0.2) is 9.78 Å². The summed E-state index contributed by atoms with van der Waals surface area (Å²) >= 11 is 0. The zero-order chi connectivity index (χ0) is 14.4. The van der Waals surface area contributed by atoms with Crippen LogP contribution in [0.5, 0.6) is 0 Å². The Morgan fingerprint density at radius 2 is 2.05 bits per heavy atom. The quantitative estimate of drug-likeness (QED) is 0.591. The molecular formula is C16H11N3O2. The molecule has 5 heteroatoms. The summed E-state index contributed by atoms with van der Waals surface area (Å²) in [6.45, 7) is 0. The first-order chi connectivity index (χ1) is 10.2. The second-order valence-electron chi connectivity index (χ2n) is 4.86. The second-order valence-corrected chi connectivity index (χ2v) is 4.86. The number of carboxylic acids is 1. The lowest BCUT2D eigenvalue weighted by molar-refractivity contribution is 0.0697. The SMILES string of the molecule is O=C(O)c1ccc2c(ccn2-c2cc3cccnc3[nH]2)c1. The summed E-state index contributed by atoms with van der Waals surface area (Å²) in [6.07, 6.45) is 3.66. The second kappa shape index (κ2) is 4.21. The van der Waals surface area contributed by atoms with Crippen molar-refractivity contribution >= 4 is 27.9 Å². The lowest BCUT2D eigenvalue weighted by Gasteiger charge is -2.02. The van der Waals surface area contributed by atoms with Crippen LogP contribution in [0.15, 0.2) is 54.9 Å². The van der Waals surface area contributed by atoms with Gasteiger partial charge in [0.15, 0.2) is 0 Å². The minimum absolute atomic E-state index is 0.290. The first kappa shape index (κ1) is 11.7. The normalized spacial score (nSPS) is 11.2. The van der Waals surface area contributed by atoms with Crippen molar-refractivity contribution < 1.29 is 9.90 Å². The molecule has 0 saturated heterocycles. The molecule has 2 N–H and O–H groups in total. The van der Waals surface area contributed by atoms with Crippen molar-refractivity contribution in [3.05, 3.63) is 60.4 Å². The summed E-state index contributed by atoms with van der Waals surface area (Å²) in [7, 11) is 0. The molecule has 4 aromatic rings. The fourth-order valence-corrected chi connectivity index (χ4v) is 2.56. The monoisotopic (exact) mass is 277 g/mol. The summed E-state index contributed by atoms with van der Waals surface area (Å²) in [5.74, 6) is -0.0127. The number of rotatable bonds is 2. The average Bonchev–Trinajstić information content (AvgIpc) is 3.09. The summed E-state index contributed by atoms with van der Waals surface area (Å²) in [5.41, 5.74) is 2.07. The zero-order valence-corrected chi connectivity index (χ0v) is 10.9. The van der Waals surface area contributed by atoms with Crippen molar-refractivity contribution in [2.45, 2.75) is 0 Å². The maximum atomic E-state index is 11.0. The Morgan fingerprint density at radius 1 is 1.14 bits per heavy atom. The lowest BCUT2D eigenvalue weighted by Crippen LogP contribution is -1.96. The fraction of sp³-hybridized carbons (Fsp3) is 0. The van der Waals surface area contributed by atoms with Gasteiger partial charge < -0.3 is 14.7 Å². The van der Waals surface area contributed by atoms with Crippen molar-refractivity contribution in [1.29, 1.82) is 0 Å². The molecule has 0 amide bonds. The van der Waals surface area contributed by atoms with Crippen LogP contribution in [0.2, 0.25) is 0 Å². The molecule has 0 bridgehead atoms. The first-order valence-corrected chi connectivity index (χ1v) is 6.51. The Kier molecular flexibility index (Phi) is 2.35. The van der Waals surface area contributed by atoms with Gasteiger partial charge in [0.2, 0.25) is 0 Å². The van der Waals surface area contributed by atoms with Gasteiger partial charge in [-0.15, -0.1) is 0 Å². The number of hydrogen-bond acceptors (Lipinski definition) is 2. The number of benzene rings is 1. The zero-order valence-electron chi connectivity index (χ0n) is 10.9. The van der Waals surface area contributed by atoms with Crippen molar-refractivity contribution in [2.24, 2.45) is 0 Å². The predicted molar refractivity (Wildman–Crippen MR) is 79.9 cm³/mol. The molecule has 5 nitrogen and oxygen atoms in total. The number of aromatic amines is 1. The molecule has 0 spiro atoms. The third-order valence-corrected chi connectivity index (χ3v) is 3.57. The van der Waals surface area contributed by atoms with Gasteiger partial charge in [0, 0.05) is 23.2 Å². The average molecular weight is 277 g/mol. The maximum absolute atomic E-state index is 11.0. The minimum atomic E-state index is -0.917. The van der Waals surface area contributed by atoms with Crippen molar-refractivity contribution in [1.82, 2.24) is 14.5 Å². The summed E-state index contributed by atoms with van der Waals surface area (Å²) in [4.78, 5) is 18.6. The number of nitrogens with zero attached hydrogens (tertiary/aromatic N) is 2. The van der Waals surface area contributed by atoms with Crippen LogP contribution in [-0.4, -0.2) is 25.6 Å². The Hall–Kier alpha value is -3.08. The van der Waals surface area contributed by atoms with Crippen LogP contribution >= 0.6 is 0 Å². The molecule has 0 aliphatic carbocycles. The topological polar surface area (TPSA) is 70.9 Å². The van der Waals surface area contributed by atoms with Crippen molar-refractivity contribution in [2.75, 3.05) is 0 Å². The Balaban J connectivity index is 1.92. The number of hydrogen-bond donors (Lipinski definition) is 2. The van der Waals surface area contributed by atoms with E-state index in [4.69, 9.17) is 5.11 Å². The van der Waals surface area contributed by atoms with E-state index in [1.54, 1.807) is 18.3 Å². The Labute approximate surface area is 119 Å². The molecule has 0 radical (unpaired) electrons. The summed E-state index contributed by atoms with van der Waals surface area (Å²) < 4.78 is 1.99. The van der Waals surface area contributed by atoms with Crippen LogP contribution in [0.4, 0.5) is 0 Å². The largest absolute Gasteiger partial charge is 0.478 e. The van der Waals surface area contributed by atoms with E-state index in [2.05, 4.69) is 9.97 Å². The third kappa shape index (κ3) is 1.79. The van der Waals surface area contributed by atoms with Gasteiger partial charge in [-0.2, -0.15) is 0 Å². The van der Waals surface area contributed by atoms with Crippen LogP contribution < -0.4 is 0 Å². The molecule has 21 heavy (non-hydrogen) atoms. The molecule has 0 atom stereocenters. The molecule has 0 aliphatic heterocycles. The minimum Gasteiger partial charge on any atom is -0.478 e. The van der Waals surface area contributed by atoms with E-state index in [9.17, 15) is 4.79 Å². The van der Waals surface area contributed by atoms with Crippen LogP contribution in [0.1, 0.15) is 10.4 Å². The maximum Gasteiger partial charge on any atom is 0.335 e. The highest BCUT2D eigenvalue weighted by Gasteiger charge is 2.09. The van der Waals surface area contributed by atoms with Crippen molar-refractivity contribution in [3.63, 3.8) is 0 Å². The van der Waals surface area contributed by atoms with E-state index < -0.39 is 5.97 Å². The van der Waals surface area contributed by atoms with Gasteiger partial charge in [-0.3, -0.25) is 0 Å². The molecule has 3 aromatic heterocycles. The lowest BCUT2D eigenvalue weighted by atomic mass is 10.1. The van der Waals surface area contributed by atoms with Gasteiger partial charge in [-0.05, 0) is 42.5 Å². The molecular weight excluding hydrogens is 266 g/mol. The third-order valence-electron chi connectivity index (χ3n) is 3.57. The number of carbonyl (C=O) groups is 1. The Bertz CT molecular complexity index is 948. The highest BCUT2D eigenvalue weighted by Crippen LogP contribution is 2.23. The number of H-pyrrole nitrogens is 1. The molecule has 0 fully saturated rings. The summed E-state index contributed by atoms with van der Waals surface area (Å²) in [6, 6.07) is 12.9. The van der Waals surface area contributed by atoms with E-state index in [-0.39, 0.29) is 0 Å². The van der Waals surface area contributed by atoms with E-state index in [1.807, 2.05) is 41.1 Å². The molecule has 3 heterocycles. The van der Waals surface area contributed by atoms with Gasteiger partial charge in [0.1, 0.15) is 11.5 Å². The Morgan fingerprint density at radius 3 is 2.86 bits per heavy atom.